The van der Waals surface area contributed by atoms with E-state index in [-0.39, 0.29) is 17.9 Å². The fourth-order valence-electron chi connectivity index (χ4n) is 0.120. The van der Waals surface area contributed by atoms with E-state index < -0.39 is 12.1 Å². The first-order valence-electron chi connectivity index (χ1n) is 4.50. The van der Waals surface area contributed by atoms with Crippen molar-refractivity contribution in [3.8, 4) is 0 Å². The number of thioether (sulfide) groups is 1. The molecule has 0 aromatic heterocycles. The monoisotopic (exact) mass is 125 g/mol. The second-order valence-electron chi connectivity index (χ2n) is 1.35. The third-order valence-electron chi connectivity index (χ3n) is 0.325. The molecule has 0 atom stereocenters. The van der Waals surface area contributed by atoms with Crippen LogP contribution in [0.3, 0.4) is 0 Å². The molecule has 0 aromatic carbocycles. The maximum Gasteiger partial charge on any atom is 0.0921 e. The van der Waals surface area contributed by atoms with Crippen LogP contribution in [0.4, 0.5) is 0 Å². The normalized spacial score (nSPS) is 24.7. The maximum absolute atomic E-state index is 7.16. The van der Waals surface area contributed by atoms with Crippen molar-refractivity contribution < 1.29 is 11.6 Å². The van der Waals surface area contributed by atoms with E-state index in [1.807, 2.05) is 0 Å². The van der Waals surface area contributed by atoms with Crippen LogP contribution in [0.15, 0.2) is 0 Å². The molecule has 0 aliphatic rings. The molecule has 7 heavy (non-hydrogen) atoms. The summed E-state index contributed by atoms with van der Waals surface area (Å²) in [6.07, 6.45) is -2.69. The fraction of sp³-hybridized carbons (Fsp3) is 1.00. The molecule has 0 aliphatic carbocycles. The van der Waals surface area contributed by atoms with Gasteiger partial charge >= 0.3 is 0 Å². The summed E-state index contributed by atoms with van der Waals surface area (Å²) < 4.78 is 39.5. The third kappa shape index (κ3) is 6.31. The lowest BCUT2D eigenvalue weighted by atomic mass is 10.5. The first kappa shape index (κ1) is 2.28. The Morgan fingerprint density at radius 2 is 2.71 bits per heavy atom. The first-order valence-corrected chi connectivity index (χ1v) is 2.82. The zero-order valence-corrected chi connectivity index (χ0v) is 5.21. The fourth-order valence-corrected chi connectivity index (χ4v) is 0.361. The van der Waals surface area contributed by atoms with Gasteiger partial charge in [0.25, 0.3) is 0 Å². The molecule has 0 rings (SSSR count). The Labute approximate surface area is 56.5 Å². The summed E-state index contributed by atoms with van der Waals surface area (Å²) in [5.74, 6) is -2.14. The summed E-state index contributed by atoms with van der Waals surface area (Å²) >= 11 is 0.198. The van der Waals surface area contributed by atoms with Gasteiger partial charge in [-0.3, -0.25) is 0 Å². The van der Waals surface area contributed by atoms with Gasteiger partial charge in [-0.25, -0.2) is 0 Å². The molecule has 0 spiro atoms. The molecular weight excluding hydrogens is 108 g/mol. The highest BCUT2D eigenvalue weighted by Crippen LogP contribution is 1.95. The summed E-state index contributed by atoms with van der Waals surface area (Å²) in [5.41, 5.74) is 0. The number of hydrogen-bond donors (Lipinski definition) is 0. The zero-order chi connectivity index (χ0) is 9.99. The van der Waals surface area contributed by atoms with Gasteiger partial charge in [-0.05, 0) is 20.0 Å². The third-order valence-corrected chi connectivity index (χ3v) is 0.505. The van der Waals surface area contributed by atoms with Crippen molar-refractivity contribution in [2.24, 2.45) is 0 Å². The number of rotatable bonds is 3. The molecule has 0 N–H and O–H groups in total. The highest BCUT2D eigenvalue weighted by molar-refractivity contribution is 7.98. The predicted octanol–water partition coefficient (Wildman–Crippen LogP) is 1.73. The average molecular weight is 125 g/mol. The average Bonchev–Trinajstić information content (AvgIpc) is 1.48. The van der Waals surface area contributed by atoms with Crippen LogP contribution in [-0.4, -0.2) is 18.2 Å². The molecule has 0 heterocycles. The molecule has 2 heteroatoms. The summed E-state index contributed by atoms with van der Waals surface area (Å²) in [7, 11) is 0. The van der Waals surface area contributed by atoms with E-state index in [0.29, 0.717) is 0 Å². The van der Waals surface area contributed by atoms with Crippen LogP contribution in [0.1, 0.15) is 20.7 Å². The Bertz CT molecular complexity index is 143. The summed E-state index contributed by atoms with van der Waals surface area (Å²) in [5, 5.41) is 0. The molecule has 44 valence electrons. The maximum atomic E-state index is 7.16. The lowest BCUT2D eigenvalue weighted by molar-refractivity contribution is 0.120. The Kier molecular flexibility index (Phi) is 1.45. The Morgan fingerprint density at radius 3 is 3.14 bits per heavy atom. The minimum atomic E-state index is -2.36. The van der Waals surface area contributed by atoms with Crippen molar-refractivity contribution in [2.75, 3.05) is 12.1 Å². The SMILES string of the molecule is [2H]C([2H])([2H])SC([2H])([2H])OC(C)C. The summed E-state index contributed by atoms with van der Waals surface area (Å²) in [6.45, 7) is 3.30. The Hall–Kier alpha value is 0.310. The van der Waals surface area contributed by atoms with Crippen molar-refractivity contribution in [3.05, 3.63) is 0 Å². The van der Waals surface area contributed by atoms with E-state index in [4.69, 9.17) is 11.6 Å². The molecular formula is C5H12OS. The number of hydrogen-bond acceptors (Lipinski definition) is 2. The van der Waals surface area contributed by atoms with Crippen molar-refractivity contribution in [1.82, 2.24) is 0 Å². The van der Waals surface area contributed by atoms with Crippen LogP contribution in [0.5, 0.6) is 0 Å². The molecule has 0 amide bonds. The quantitative estimate of drug-likeness (QED) is 0.531. The highest BCUT2D eigenvalue weighted by Gasteiger charge is 1.87. The summed E-state index contributed by atoms with van der Waals surface area (Å²) in [4.78, 5) is 0. The van der Waals surface area contributed by atoms with E-state index in [0.717, 1.165) is 0 Å². The minimum Gasteiger partial charge on any atom is -0.368 e. The Balaban J connectivity index is 4.04. The molecule has 0 fully saturated rings. The molecule has 0 radical (unpaired) electrons. The molecule has 1 nitrogen and oxygen atoms in total. The van der Waals surface area contributed by atoms with Crippen LogP contribution in [0.2, 0.25) is 0 Å². The second-order valence-corrected chi connectivity index (χ2v) is 1.72. The van der Waals surface area contributed by atoms with E-state index in [1.165, 1.54) is 0 Å². The minimum absolute atomic E-state index is 0.198. The van der Waals surface area contributed by atoms with Crippen molar-refractivity contribution in [2.45, 2.75) is 20.0 Å². The van der Waals surface area contributed by atoms with Gasteiger partial charge in [0, 0.05) is 4.11 Å². The van der Waals surface area contributed by atoms with Gasteiger partial charge in [-0.2, -0.15) is 0 Å². The Morgan fingerprint density at radius 1 is 2.00 bits per heavy atom. The van der Waals surface area contributed by atoms with Crippen LogP contribution >= 0.6 is 11.8 Å². The van der Waals surface area contributed by atoms with Gasteiger partial charge in [-0.1, -0.05) is 0 Å². The largest absolute Gasteiger partial charge is 0.368 e. The van der Waals surface area contributed by atoms with E-state index in [1.54, 1.807) is 13.8 Å². The molecule has 0 aromatic rings. The van der Waals surface area contributed by atoms with Crippen molar-refractivity contribution >= 4 is 11.8 Å². The van der Waals surface area contributed by atoms with Gasteiger partial charge in [-0.15, -0.1) is 11.8 Å². The van der Waals surface area contributed by atoms with Gasteiger partial charge in [0.2, 0.25) is 0 Å². The van der Waals surface area contributed by atoms with Crippen LogP contribution in [-0.2, 0) is 4.74 Å². The summed E-state index contributed by atoms with van der Waals surface area (Å²) in [6, 6.07) is 0. The standard InChI is InChI=1S/C5H12OS/c1-5(2)6-4-7-3/h5H,4H2,1-3H3/i3D3,4D2. The molecule has 0 saturated heterocycles. The van der Waals surface area contributed by atoms with Gasteiger partial charge in [0.1, 0.15) is 0 Å². The van der Waals surface area contributed by atoms with Gasteiger partial charge in [0.15, 0.2) is 0 Å². The lowest BCUT2D eigenvalue weighted by Gasteiger charge is -2.02. The molecule has 0 saturated carbocycles. The van der Waals surface area contributed by atoms with Gasteiger partial charge in [0.05, 0.1) is 14.7 Å². The van der Waals surface area contributed by atoms with Gasteiger partial charge < -0.3 is 4.74 Å². The smallest absolute Gasteiger partial charge is 0.0921 e. The van der Waals surface area contributed by atoms with E-state index >= 15 is 0 Å². The molecule has 0 aliphatic heterocycles. The van der Waals surface area contributed by atoms with Crippen molar-refractivity contribution in [3.63, 3.8) is 0 Å². The zero-order valence-electron chi connectivity index (χ0n) is 9.39. The van der Waals surface area contributed by atoms with Crippen LogP contribution < -0.4 is 0 Å². The molecule has 0 bridgehead atoms. The van der Waals surface area contributed by atoms with E-state index in [2.05, 4.69) is 0 Å². The topological polar surface area (TPSA) is 9.23 Å². The molecule has 0 unspecified atom stereocenters. The first-order chi connectivity index (χ1) is 5.12. The van der Waals surface area contributed by atoms with Crippen LogP contribution in [0.25, 0.3) is 0 Å². The highest BCUT2D eigenvalue weighted by atomic mass is 32.2. The number of ether oxygens (including phenoxy) is 1. The predicted molar refractivity (Wildman–Crippen MR) is 34.6 cm³/mol. The van der Waals surface area contributed by atoms with Crippen LogP contribution in [0, 0.1) is 0 Å². The lowest BCUT2D eigenvalue weighted by Crippen LogP contribution is -2.00. The van der Waals surface area contributed by atoms with E-state index in [9.17, 15) is 0 Å². The van der Waals surface area contributed by atoms with Crippen molar-refractivity contribution in [1.29, 1.82) is 0 Å². The second kappa shape index (κ2) is 4.47.